The van der Waals surface area contributed by atoms with Gasteiger partial charge in [0.2, 0.25) is 0 Å². The number of halogens is 1. The Morgan fingerprint density at radius 1 is 1.09 bits per heavy atom. The number of benzene rings is 2. The second kappa shape index (κ2) is 12.6. The quantitative estimate of drug-likeness (QED) is 0.429. The van der Waals surface area contributed by atoms with Crippen molar-refractivity contribution in [3.8, 4) is 5.75 Å². The summed E-state index contributed by atoms with van der Waals surface area (Å²) in [5.74, 6) is 0.863. The molecule has 8 heteroatoms. The molecule has 2 rings (SSSR count). The highest BCUT2D eigenvalue weighted by molar-refractivity contribution is 9.10. The van der Waals surface area contributed by atoms with Crippen LogP contribution < -0.4 is 15.4 Å². The number of ether oxygens (including phenoxy) is 1. The Labute approximate surface area is 203 Å². The van der Waals surface area contributed by atoms with Crippen LogP contribution in [0.2, 0.25) is 0 Å². The van der Waals surface area contributed by atoms with Crippen LogP contribution in [0.25, 0.3) is 0 Å². The van der Waals surface area contributed by atoms with Gasteiger partial charge in [0.25, 0.3) is 11.8 Å². The number of rotatable bonds is 9. The molecule has 0 atom stereocenters. The van der Waals surface area contributed by atoms with Crippen LogP contribution >= 0.6 is 28.1 Å². The van der Waals surface area contributed by atoms with Crippen molar-refractivity contribution in [2.45, 2.75) is 34.1 Å². The number of hydrogen-bond donors (Lipinski definition) is 2. The molecule has 2 aromatic rings. The Kier molecular flexibility index (Phi) is 10.1. The zero-order valence-corrected chi connectivity index (χ0v) is 21.3. The summed E-state index contributed by atoms with van der Waals surface area (Å²) in [5, 5.41) is 5.79. The molecule has 0 saturated carbocycles. The lowest BCUT2D eigenvalue weighted by Gasteiger charge is -2.19. The van der Waals surface area contributed by atoms with Crippen molar-refractivity contribution in [3.05, 3.63) is 58.1 Å². The Balaban J connectivity index is 1.98. The molecule has 0 aromatic heterocycles. The van der Waals surface area contributed by atoms with Gasteiger partial charge in [-0.15, -0.1) is 0 Å². The fraction of sp³-hybridized carbons (Fsp3) is 0.375. The van der Waals surface area contributed by atoms with Crippen molar-refractivity contribution in [2.24, 2.45) is 5.92 Å². The molecule has 0 unspecified atom stereocenters. The molecule has 6 nitrogen and oxygen atoms in total. The highest BCUT2D eigenvalue weighted by Gasteiger charge is 2.14. The summed E-state index contributed by atoms with van der Waals surface area (Å²) in [5.41, 5.74) is 1.64. The van der Waals surface area contributed by atoms with Gasteiger partial charge < -0.3 is 15.0 Å². The lowest BCUT2D eigenvalue weighted by atomic mass is 10.1. The van der Waals surface area contributed by atoms with Crippen LogP contribution in [0.1, 0.15) is 54.8 Å². The maximum absolute atomic E-state index is 12.6. The predicted octanol–water partition coefficient (Wildman–Crippen LogP) is 5.48. The van der Waals surface area contributed by atoms with E-state index in [2.05, 4.69) is 40.4 Å². The van der Waals surface area contributed by atoms with E-state index in [-0.39, 0.29) is 16.9 Å². The SMILES string of the molecule is CCN(CC)C(=O)c1cccc(NC(=S)NC(=O)c2ccc(OCCC(C)C)c(Br)c2)c1. The molecule has 0 saturated heterocycles. The summed E-state index contributed by atoms with van der Waals surface area (Å²) in [6.45, 7) is 10.1. The van der Waals surface area contributed by atoms with E-state index in [0.717, 1.165) is 6.42 Å². The molecule has 2 aromatic carbocycles. The summed E-state index contributed by atoms with van der Waals surface area (Å²) in [4.78, 5) is 26.9. The highest BCUT2D eigenvalue weighted by atomic mass is 79.9. The average molecular weight is 520 g/mol. The molecule has 0 aliphatic rings. The summed E-state index contributed by atoms with van der Waals surface area (Å²) in [7, 11) is 0. The number of carbonyl (C=O) groups excluding carboxylic acids is 2. The number of thiocarbonyl (C=S) groups is 1. The minimum absolute atomic E-state index is 0.0471. The van der Waals surface area contributed by atoms with E-state index >= 15 is 0 Å². The monoisotopic (exact) mass is 519 g/mol. The molecule has 0 bridgehead atoms. The molecular formula is C24H30BrN3O3S. The molecule has 0 heterocycles. The summed E-state index contributed by atoms with van der Waals surface area (Å²) in [6.07, 6.45) is 0.955. The molecule has 2 N–H and O–H groups in total. The van der Waals surface area contributed by atoms with Crippen molar-refractivity contribution in [2.75, 3.05) is 25.0 Å². The Morgan fingerprint density at radius 2 is 1.81 bits per heavy atom. The second-order valence-electron chi connectivity index (χ2n) is 7.64. The maximum Gasteiger partial charge on any atom is 0.257 e. The van der Waals surface area contributed by atoms with E-state index in [1.807, 2.05) is 13.8 Å². The number of anilines is 1. The van der Waals surface area contributed by atoms with Gasteiger partial charge in [-0.1, -0.05) is 19.9 Å². The van der Waals surface area contributed by atoms with E-state index in [0.29, 0.717) is 52.7 Å². The number of nitrogens with zero attached hydrogens (tertiary/aromatic N) is 1. The third-order valence-electron chi connectivity index (χ3n) is 4.79. The largest absolute Gasteiger partial charge is 0.492 e. The highest BCUT2D eigenvalue weighted by Crippen LogP contribution is 2.26. The first kappa shape index (κ1) is 25.8. The lowest BCUT2D eigenvalue weighted by molar-refractivity contribution is 0.0772. The van der Waals surface area contributed by atoms with Gasteiger partial charge in [0.05, 0.1) is 11.1 Å². The molecule has 0 fully saturated rings. The topological polar surface area (TPSA) is 70.7 Å². The number of amides is 2. The molecule has 0 aliphatic carbocycles. The molecule has 0 radical (unpaired) electrons. The third-order valence-corrected chi connectivity index (χ3v) is 5.62. The summed E-state index contributed by atoms with van der Waals surface area (Å²) in [6, 6.07) is 12.2. The van der Waals surface area contributed by atoms with E-state index < -0.39 is 0 Å². The van der Waals surface area contributed by atoms with Crippen molar-refractivity contribution < 1.29 is 14.3 Å². The molecule has 0 spiro atoms. The van der Waals surface area contributed by atoms with Gasteiger partial charge in [-0.25, -0.2) is 0 Å². The summed E-state index contributed by atoms with van der Waals surface area (Å²) >= 11 is 8.74. The fourth-order valence-corrected chi connectivity index (χ4v) is 3.63. The van der Waals surface area contributed by atoms with Crippen molar-refractivity contribution in [1.82, 2.24) is 10.2 Å². The summed E-state index contributed by atoms with van der Waals surface area (Å²) < 4.78 is 6.46. The lowest BCUT2D eigenvalue weighted by Crippen LogP contribution is -2.34. The standard InChI is InChI=1S/C24H30BrN3O3S/c1-5-28(6-2)23(30)18-8-7-9-19(14-18)26-24(32)27-22(29)17-10-11-21(20(25)15-17)31-13-12-16(3)4/h7-11,14-16H,5-6,12-13H2,1-4H3,(H2,26,27,29,32). The van der Waals surface area contributed by atoms with E-state index in [1.165, 1.54) is 0 Å². The molecule has 32 heavy (non-hydrogen) atoms. The average Bonchev–Trinajstić information content (AvgIpc) is 2.75. The minimum atomic E-state index is -0.340. The fourth-order valence-electron chi connectivity index (χ4n) is 2.92. The first-order chi connectivity index (χ1) is 15.2. The van der Waals surface area contributed by atoms with Gasteiger partial charge >= 0.3 is 0 Å². The van der Waals surface area contributed by atoms with Crippen LogP contribution in [0, 0.1) is 5.92 Å². The van der Waals surface area contributed by atoms with Gasteiger partial charge in [0, 0.05) is 29.9 Å². The van der Waals surface area contributed by atoms with Crippen LogP contribution in [0.15, 0.2) is 46.9 Å². The first-order valence-electron chi connectivity index (χ1n) is 10.7. The van der Waals surface area contributed by atoms with Crippen LogP contribution in [0.5, 0.6) is 5.75 Å². The predicted molar refractivity (Wildman–Crippen MR) is 136 cm³/mol. The Hall–Kier alpha value is -2.45. The smallest absolute Gasteiger partial charge is 0.257 e. The van der Waals surface area contributed by atoms with Crippen LogP contribution in [0.4, 0.5) is 5.69 Å². The van der Waals surface area contributed by atoms with Crippen LogP contribution in [-0.2, 0) is 0 Å². The van der Waals surface area contributed by atoms with Crippen molar-refractivity contribution >= 4 is 50.8 Å². The van der Waals surface area contributed by atoms with E-state index in [9.17, 15) is 9.59 Å². The van der Waals surface area contributed by atoms with Gasteiger partial charge in [-0.05, 0) is 90.7 Å². The normalized spacial score (nSPS) is 10.6. The zero-order chi connectivity index (χ0) is 23.7. The minimum Gasteiger partial charge on any atom is -0.492 e. The molecular weight excluding hydrogens is 490 g/mol. The maximum atomic E-state index is 12.6. The van der Waals surface area contributed by atoms with E-state index in [1.54, 1.807) is 47.4 Å². The van der Waals surface area contributed by atoms with Crippen molar-refractivity contribution in [1.29, 1.82) is 0 Å². The van der Waals surface area contributed by atoms with Crippen LogP contribution in [0.3, 0.4) is 0 Å². The first-order valence-corrected chi connectivity index (χ1v) is 11.9. The van der Waals surface area contributed by atoms with Gasteiger partial charge in [0.1, 0.15) is 5.75 Å². The van der Waals surface area contributed by atoms with Gasteiger partial charge in [-0.3, -0.25) is 14.9 Å². The molecule has 0 aliphatic heterocycles. The van der Waals surface area contributed by atoms with E-state index in [4.69, 9.17) is 17.0 Å². The Bertz CT molecular complexity index is 961. The number of carbonyl (C=O) groups is 2. The number of hydrogen-bond acceptors (Lipinski definition) is 4. The zero-order valence-electron chi connectivity index (χ0n) is 18.9. The third kappa shape index (κ3) is 7.60. The van der Waals surface area contributed by atoms with Gasteiger partial charge in [-0.2, -0.15) is 0 Å². The molecule has 172 valence electrons. The van der Waals surface area contributed by atoms with Crippen molar-refractivity contribution in [3.63, 3.8) is 0 Å². The van der Waals surface area contributed by atoms with Gasteiger partial charge in [0.15, 0.2) is 5.11 Å². The molecule has 2 amide bonds. The second-order valence-corrected chi connectivity index (χ2v) is 8.91. The Morgan fingerprint density at radius 3 is 2.44 bits per heavy atom. The number of nitrogens with one attached hydrogen (secondary N) is 2. The van der Waals surface area contributed by atoms with Crippen LogP contribution in [-0.4, -0.2) is 41.5 Å².